The summed E-state index contributed by atoms with van der Waals surface area (Å²) in [4.78, 5) is 16.2. The Morgan fingerprint density at radius 3 is 2.60 bits per heavy atom. The summed E-state index contributed by atoms with van der Waals surface area (Å²) in [6.45, 7) is 2.33. The molecule has 1 aromatic carbocycles. The smallest absolute Gasteiger partial charge is 0.416 e. The van der Waals surface area contributed by atoms with Crippen LogP contribution in [0.15, 0.2) is 28.5 Å². The summed E-state index contributed by atoms with van der Waals surface area (Å²) in [7, 11) is 0. The number of benzene rings is 1. The van der Waals surface area contributed by atoms with E-state index in [4.69, 9.17) is 11.6 Å². The second-order valence-corrected chi connectivity index (χ2v) is 6.15. The molecule has 1 aliphatic rings. The maximum atomic E-state index is 14.3. The lowest BCUT2D eigenvalue weighted by atomic mass is 9.80. The average Bonchev–Trinajstić information content (AvgIpc) is 2.51. The van der Waals surface area contributed by atoms with Gasteiger partial charge >= 0.3 is 6.18 Å². The van der Waals surface area contributed by atoms with Gasteiger partial charge in [-0.15, -0.1) is 0 Å². The first kappa shape index (κ1) is 19.4. The second-order valence-electron chi connectivity index (χ2n) is 5.74. The van der Waals surface area contributed by atoms with Crippen LogP contribution in [0.3, 0.4) is 0 Å². The number of allylic oxidation sites excluding steroid dienone is 2. The van der Waals surface area contributed by atoms with E-state index in [0.29, 0.717) is 12.6 Å². The molecule has 0 aliphatic heterocycles. The van der Waals surface area contributed by atoms with Crippen LogP contribution < -0.4 is 0 Å². The van der Waals surface area contributed by atoms with Gasteiger partial charge in [-0.1, -0.05) is 18.5 Å². The standard InChI is InChI=1S/C17H16ClF4NO2/c1-2-5-23-8-10-13(24)6-9(7-14(10)25)15-11(17(20,21)22)3-4-12(18)16(15)19/h3-4,8-9,24H,2,5-7H2,1H3. The summed E-state index contributed by atoms with van der Waals surface area (Å²) in [5.74, 6) is -3.34. The zero-order valence-electron chi connectivity index (χ0n) is 13.3. The lowest BCUT2D eigenvalue weighted by molar-refractivity contribution is -0.139. The molecular weight excluding hydrogens is 362 g/mol. The molecule has 0 amide bonds. The number of carbonyl (C=O) groups excluding carboxylic acids is 1. The number of aliphatic imine (C=N–C) groups is 1. The molecule has 0 radical (unpaired) electrons. The number of aliphatic hydroxyl groups is 1. The van der Waals surface area contributed by atoms with Crippen molar-refractivity contribution in [2.24, 2.45) is 4.99 Å². The lowest BCUT2D eigenvalue weighted by Crippen LogP contribution is -2.23. The molecule has 136 valence electrons. The molecule has 2 rings (SSSR count). The van der Waals surface area contributed by atoms with Crippen LogP contribution in [0.4, 0.5) is 17.6 Å². The first-order chi connectivity index (χ1) is 11.7. The lowest BCUT2D eigenvalue weighted by Gasteiger charge is -2.26. The third kappa shape index (κ3) is 4.21. The van der Waals surface area contributed by atoms with E-state index in [1.807, 2.05) is 6.92 Å². The molecule has 3 nitrogen and oxygen atoms in total. The number of halogens is 5. The molecular formula is C17H16ClF4NO2. The van der Waals surface area contributed by atoms with Crippen molar-refractivity contribution in [2.75, 3.05) is 6.54 Å². The third-order valence-corrected chi connectivity index (χ3v) is 4.19. The Balaban J connectivity index is 2.46. The first-order valence-corrected chi connectivity index (χ1v) is 8.04. The van der Waals surface area contributed by atoms with Gasteiger partial charge in [-0.3, -0.25) is 9.79 Å². The van der Waals surface area contributed by atoms with Gasteiger partial charge in [0.05, 0.1) is 16.2 Å². The summed E-state index contributed by atoms with van der Waals surface area (Å²) in [6, 6.07) is 1.51. The highest BCUT2D eigenvalue weighted by molar-refractivity contribution is 6.30. The molecule has 0 saturated heterocycles. The molecule has 0 fully saturated rings. The second kappa shape index (κ2) is 7.56. The molecule has 1 unspecified atom stereocenters. The van der Waals surface area contributed by atoms with Gasteiger partial charge in [-0.2, -0.15) is 13.2 Å². The van der Waals surface area contributed by atoms with Crippen molar-refractivity contribution in [3.63, 3.8) is 0 Å². The van der Waals surface area contributed by atoms with Crippen LogP contribution in [0, 0.1) is 5.82 Å². The number of Topliss-reactive ketones (excluding diaryl/α,β-unsaturated/α-hetero) is 1. The fourth-order valence-corrected chi connectivity index (χ4v) is 2.92. The van der Waals surface area contributed by atoms with Crippen LogP contribution in [-0.4, -0.2) is 23.6 Å². The van der Waals surface area contributed by atoms with Crippen molar-refractivity contribution in [2.45, 2.75) is 38.3 Å². The van der Waals surface area contributed by atoms with E-state index in [-0.39, 0.29) is 18.4 Å². The Labute approximate surface area is 147 Å². The number of alkyl halides is 3. The number of nitrogens with zero attached hydrogens (tertiary/aromatic N) is 1. The molecule has 0 heterocycles. The quantitative estimate of drug-likeness (QED) is 0.576. The summed E-state index contributed by atoms with van der Waals surface area (Å²) in [5.41, 5.74) is -1.92. The molecule has 0 aromatic heterocycles. The summed E-state index contributed by atoms with van der Waals surface area (Å²) < 4.78 is 53.9. The summed E-state index contributed by atoms with van der Waals surface area (Å²) in [5, 5.41) is 9.59. The van der Waals surface area contributed by atoms with Gasteiger partial charge in [-0.05, 0) is 18.6 Å². The summed E-state index contributed by atoms with van der Waals surface area (Å²) in [6.07, 6.45) is -3.50. The van der Waals surface area contributed by atoms with Gasteiger partial charge in [0, 0.05) is 37.1 Å². The number of carbonyl (C=O) groups is 1. The van der Waals surface area contributed by atoms with Gasteiger partial charge < -0.3 is 5.11 Å². The SMILES string of the molecule is CCCN=CC1=C(O)CC(c2c(C(F)(F)F)ccc(Cl)c2F)CC1=O. The van der Waals surface area contributed by atoms with Gasteiger partial charge in [0.15, 0.2) is 5.78 Å². The van der Waals surface area contributed by atoms with E-state index in [1.165, 1.54) is 6.21 Å². The largest absolute Gasteiger partial charge is 0.511 e. The fourth-order valence-electron chi connectivity index (χ4n) is 2.76. The Bertz CT molecular complexity index is 741. The van der Waals surface area contributed by atoms with Gasteiger partial charge in [-0.25, -0.2) is 4.39 Å². The van der Waals surface area contributed by atoms with E-state index in [1.54, 1.807) is 0 Å². The van der Waals surface area contributed by atoms with Gasteiger partial charge in [0.25, 0.3) is 0 Å². The monoisotopic (exact) mass is 377 g/mol. The number of hydrogen-bond acceptors (Lipinski definition) is 3. The number of aliphatic hydroxyl groups excluding tert-OH is 1. The fraction of sp³-hybridized carbons (Fsp3) is 0.412. The topological polar surface area (TPSA) is 49.7 Å². The molecule has 1 N–H and O–H groups in total. The minimum Gasteiger partial charge on any atom is -0.511 e. The molecule has 1 aliphatic carbocycles. The highest BCUT2D eigenvalue weighted by Crippen LogP contribution is 2.43. The van der Waals surface area contributed by atoms with Crippen molar-refractivity contribution in [1.82, 2.24) is 0 Å². The maximum Gasteiger partial charge on any atom is 0.416 e. The molecule has 1 atom stereocenters. The zero-order chi connectivity index (χ0) is 18.8. The predicted octanol–water partition coefficient (Wildman–Crippen LogP) is 5.24. The van der Waals surface area contributed by atoms with Crippen LogP contribution in [-0.2, 0) is 11.0 Å². The van der Waals surface area contributed by atoms with Crippen LogP contribution >= 0.6 is 11.6 Å². The van der Waals surface area contributed by atoms with Crippen LogP contribution in [0.5, 0.6) is 0 Å². The highest BCUT2D eigenvalue weighted by atomic mass is 35.5. The molecule has 0 spiro atoms. The average molecular weight is 378 g/mol. The maximum absolute atomic E-state index is 14.3. The Kier molecular flexibility index (Phi) is 5.87. The zero-order valence-corrected chi connectivity index (χ0v) is 14.1. The normalized spacial score (nSPS) is 19.1. The number of rotatable bonds is 4. The molecule has 25 heavy (non-hydrogen) atoms. The Morgan fingerprint density at radius 1 is 1.36 bits per heavy atom. The van der Waals surface area contributed by atoms with E-state index >= 15 is 0 Å². The van der Waals surface area contributed by atoms with E-state index in [2.05, 4.69) is 4.99 Å². The highest BCUT2D eigenvalue weighted by Gasteiger charge is 2.40. The number of hydrogen-bond donors (Lipinski definition) is 1. The molecule has 0 bridgehead atoms. The molecule has 1 aromatic rings. The first-order valence-electron chi connectivity index (χ1n) is 7.67. The van der Waals surface area contributed by atoms with Gasteiger partial charge in [0.1, 0.15) is 11.6 Å². The Morgan fingerprint density at radius 2 is 2.04 bits per heavy atom. The van der Waals surface area contributed by atoms with Crippen molar-refractivity contribution in [3.05, 3.63) is 45.4 Å². The number of ketones is 1. The minimum atomic E-state index is -4.80. The molecule has 8 heteroatoms. The van der Waals surface area contributed by atoms with Crippen LogP contribution in [0.2, 0.25) is 5.02 Å². The van der Waals surface area contributed by atoms with E-state index < -0.39 is 45.6 Å². The van der Waals surface area contributed by atoms with Gasteiger partial charge in [0.2, 0.25) is 0 Å². The van der Waals surface area contributed by atoms with Crippen molar-refractivity contribution in [1.29, 1.82) is 0 Å². The van der Waals surface area contributed by atoms with Crippen molar-refractivity contribution < 1.29 is 27.5 Å². The van der Waals surface area contributed by atoms with Crippen molar-refractivity contribution in [3.8, 4) is 0 Å². The van der Waals surface area contributed by atoms with E-state index in [9.17, 15) is 27.5 Å². The minimum absolute atomic E-state index is 0.0410. The Hall–Kier alpha value is -1.89. The van der Waals surface area contributed by atoms with Crippen LogP contribution in [0.25, 0.3) is 0 Å². The molecule has 0 saturated carbocycles. The third-order valence-electron chi connectivity index (χ3n) is 3.90. The van der Waals surface area contributed by atoms with Crippen molar-refractivity contribution >= 4 is 23.6 Å². The predicted molar refractivity (Wildman–Crippen MR) is 86.7 cm³/mol. The van der Waals surface area contributed by atoms with Crippen LogP contribution in [0.1, 0.15) is 43.2 Å². The summed E-state index contributed by atoms with van der Waals surface area (Å²) >= 11 is 5.62. The van der Waals surface area contributed by atoms with E-state index in [0.717, 1.165) is 12.5 Å².